The maximum Gasteiger partial charge on any atom is 0.0638 e. The van der Waals surface area contributed by atoms with Gasteiger partial charge < -0.3 is 5.32 Å². The summed E-state index contributed by atoms with van der Waals surface area (Å²) in [7, 11) is 1.95. The minimum atomic E-state index is 0.849. The summed E-state index contributed by atoms with van der Waals surface area (Å²) in [4.78, 5) is 4.09. The molecular weight excluding hydrogens is 212 g/mol. The summed E-state index contributed by atoms with van der Waals surface area (Å²) in [5, 5.41) is 7.75. The van der Waals surface area contributed by atoms with E-state index >= 15 is 0 Å². The van der Waals surface area contributed by atoms with E-state index in [-0.39, 0.29) is 0 Å². The van der Waals surface area contributed by atoms with Crippen molar-refractivity contribution in [2.45, 2.75) is 26.9 Å². The van der Waals surface area contributed by atoms with Crippen LogP contribution in [0, 0.1) is 13.8 Å². The van der Waals surface area contributed by atoms with E-state index in [0.717, 1.165) is 18.8 Å². The van der Waals surface area contributed by atoms with E-state index in [1.54, 1.807) is 0 Å². The Kier molecular flexibility index (Phi) is 3.54. The molecule has 0 aliphatic heterocycles. The highest BCUT2D eigenvalue weighted by molar-refractivity contribution is 5.21. The van der Waals surface area contributed by atoms with Crippen molar-refractivity contribution in [3.8, 4) is 0 Å². The van der Waals surface area contributed by atoms with Gasteiger partial charge in [0.05, 0.1) is 5.69 Å². The van der Waals surface area contributed by atoms with E-state index in [1.807, 2.05) is 31.0 Å². The molecule has 4 heteroatoms. The van der Waals surface area contributed by atoms with Crippen LogP contribution in [-0.4, -0.2) is 14.8 Å². The molecule has 0 fully saturated rings. The number of nitrogens with zero attached hydrogens (tertiary/aromatic N) is 3. The molecule has 0 aliphatic carbocycles. The maximum atomic E-state index is 4.32. The van der Waals surface area contributed by atoms with E-state index in [9.17, 15) is 0 Å². The highest BCUT2D eigenvalue weighted by Gasteiger charge is 2.03. The monoisotopic (exact) mass is 230 g/mol. The van der Waals surface area contributed by atoms with Crippen LogP contribution >= 0.6 is 0 Å². The van der Waals surface area contributed by atoms with E-state index < -0.39 is 0 Å². The summed E-state index contributed by atoms with van der Waals surface area (Å²) in [5.74, 6) is 0. The summed E-state index contributed by atoms with van der Waals surface area (Å²) in [5.41, 5.74) is 4.86. The van der Waals surface area contributed by atoms with Crippen molar-refractivity contribution < 1.29 is 0 Å². The molecule has 0 saturated carbocycles. The van der Waals surface area contributed by atoms with Gasteiger partial charge in [0.2, 0.25) is 0 Å². The molecule has 0 spiro atoms. The number of aryl methyl sites for hydroxylation is 3. The van der Waals surface area contributed by atoms with Crippen LogP contribution < -0.4 is 5.32 Å². The second-order valence-electron chi connectivity index (χ2n) is 4.32. The second-order valence-corrected chi connectivity index (χ2v) is 4.32. The van der Waals surface area contributed by atoms with Gasteiger partial charge in [0.15, 0.2) is 0 Å². The first kappa shape index (κ1) is 11.8. The van der Waals surface area contributed by atoms with Crippen molar-refractivity contribution in [1.82, 2.24) is 20.1 Å². The molecular formula is C13H18N4. The minimum Gasteiger partial charge on any atom is -0.308 e. The summed E-state index contributed by atoms with van der Waals surface area (Å²) < 4.78 is 1.85. The molecule has 2 rings (SSSR count). The molecule has 1 N–H and O–H groups in total. The van der Waals surface area contributed by atoms with E-state index in [4.69, 9.17) is 0 Å². The van der Waals surface area contributed by atoms with Gasteiger partial charge in [-0.05, 0) is 31.0 Å². The van der Waals surface area contributed by atoms with Crippen LogP contribution in [-0.2, 0) is 20.1 Å². The average Bonchev–Trinajstić information content (AvgIpc) is 2.60. The average molecular weight is 230 g/mol. The van der Waals surface area contributed by atoms with Crippen molar-refractivity contribution in [2.24, 2.45) is 7.05 Å². The molecule has 0 amide bonds. The van der Waals surface area contributed by atoms with Gasteiger partial charge in [-0.15, -0.1) is 0 Å². The van der Waals surface area contributed by atoms with Gasteiger partial charge in [0.25, 0.3) is 0 Å². The quantitative estimate of drug-likeness (QED) is 0.869. The molecule has 17 heavy (non-hydrogen) atoms. The topological polar surface area (TPSA) is 42.7 Å². The van der Waals surface area contributed by atoms with Crippen LogP contribution in [0.2, 0.25) is 0 Å². The third-order valence-electron chi connectivity index (χ3n) is 2.88. The van der Waals surface area contributed by atoms with Gasteiger partial charge in [0, 0.05) is 44.3 Å². The zero-order valence-corrected chi connectivity index (χ0v) is 10.6. The number of nitrogens with one attached hydrogen (secondary N) is 1. The van der Waals surface area contributed by atoms with Crippen LogP contribution in [0.3, 0.4) is 0 Å². The molecule has 2 aromatic rings. The Hall–Kier alpha value is -1.68. The lowest BCUT2D eigenvalue weighted by Crippen LogP contribution is -2.13. The molecule has 0 radical (unpaired) electrons. The lowest BCUT2D eigenvalue weighted by Gasteiger charge is -2.06. The van der Waals surface area contributed by atoms with Crippen molar-refractivity contribution in [1.29, 1.82) is 0 Å². The fraction of sp³-hybridized carbons (Fsp3) is 0.385. The number of hydrogen-bond acceptors (Lipinski definition) is 3. The molecule has 0 aromatic carbocycles. The Balaban J connectivity index is 1.92. The fourth-order valence-corrected chi connectivity index (χ4v) is 1.85. The Morgan fingerprint density at radius 3 is 2.65 bits per heavy atom. The smallest absolute Gasteiger partial charge is 0.0638 e. The van der Waals surface area contributed by atoms with Crippen LogP contribution in [0.1, 0.15) is 22.4 Å². The first-order valence-corrected chi connectivity index (χ1v) is 5.76. The Morgan fingerprint density at radius 1 is 1.24 bits per heavy atom. The first-order chi connectivity index (χ1) is 8.16. The first-order valence-electron chi connectivity index (χ1n) is 5.76. The van der Waals surface area contributed by atoms with Crippen LogP contribution in [0.25, 0.3) is 0 Å². The van der Waals surface area contributed by atoms with Gasteiger partial charge in [-0.1, -0.05) is 0 Å². The molecule has 4 nitrogen and oxygen atoms in total. The van der Waals surface area contributed by atoms with Gasteiger partial charge in [-0.2, -0.15) is 5.10 Å². The molecule has 0 atom stereocenters. The lowest BCUT2D eigenvalue weighted by molar-refractivity contribution is 0.686. The molecule has 0 bridgehead atoms. The number of aromatic nitrogens is 3. The summed E-state index contributed by atoms with van der Waals surface area (Å²) in [6, 6.07) is 2.05. The zero-order chi connectivity index (χ0) is 12.3. The van der Waals surface area contributed by atoms with Crippen molar-refractivity contribution in [2.75, 3.05) is 0 Å². The normalized spacial score (nSPS) is 10.8. The maximum absolute atomic E-state index is 4.32. The lowest BCUT2D eigenvalue weighted by atomic mass is 10.1. The highest BCUT2D eigenvalue weighted by atomic mass is 15.2. The van der Waals surface area contributed by atoms with Crippen molar-refractivity contribution in [3.63, 3.8) is 0 Å². The molecule has 2 heterocycles. The highest BCUT2D eigenvalue weighted by Crippen LogP contribution is 2.07. The predicted octanol–water partition coefficient (Wildman–Crippen LogP) is 1.72. The van der Waals surface area contributed by atoms with Crippen LogP contribution in [0.15, 0.2) is 24.7 Å². The Labute approximate surface area is 102 Å². The van der Waals surface area contributed by atoms with E-state index in [1.165, 1.54) is 16.7 Å². The third kappa shape index (κ3) is 2.91. The van der Waals surface area contributed by atoms with Crippen molar-refractivity contribution in [3.05, 3.63) is 47.0 Å². The standard InChI is InChI=1S/C13H18N4/c1-10-6-14-5-4-12(10)7-15-8-13-9-17(3)16-11(13)2/h4-6,9,15H,7-8H2,1-3H3. The molecule has 0 saturated heterocycles. The van der Waals surface area contributed by atoms with Gasteiger partial charge >= 0.3 is 0 Å². The largest absolute Gasteiger partial charge is 0.308 e. The van der Waals surface area contributed by atoms with Crippen LogP contribution in [0.5, 0.6) is 0 Å². The molecule has 0 aliphatic rings. The minimum absolute atomic E-state index is 0.849. The molecule has 0 unspecified atom stereocenters. The second kappa shape index (κ2) is 5.10. The summed E-state index contributed by atoms with van der Waals surface area (Å²) in [6.07, 6.45) is 5.79. The number of rotatable bonds is 4. The van der Waals surface area contributed by atoms with E-state index in [0.29, 0.717) is 0 Å². The SMILES string of the molecule is Cc1cnccc1CNCc1cn(C)nc1C. The summed E-state index contributed by atoms with van der Waals surface area (Å²) in [6.45, 7) is 5.83. The van der Waals surface area contributed by atoms with Gasteiger partial charge in [0.1, 0.15) is 0 Å². The van der Waals surface area contributed by atoms with Crippen LogP contribution in [0.4, 0.5) is 0 Å². The number of hydrogen-bond donors (Lipinski definition) is 1. The van der Waals surface area contributed by atoms with Gasteiger partial charge in [-0.25, -0.2) is 0 Å². The van der Waals surface area contributed by atoms with E-state index in [2.05, 4.69) is 34.6 Å². The fourth-order valence-electron chi connectivity index (χ4n) is 1.85. The summed E-state index contributed by atoms with van der Waals surface area (Å²) >= 11 is 0. The Morgan fingerprint density at radius 2 is 2.00 bits per heavy atom. The van der Waals surface area contributed by atoms with Gasteiger partial charge in [-0.3, -0.25) is 9.67 Å². The molecule has 90 valence electrons. The third-order valence-corrected chi connectivity index (χ3v) is 2.88. The number of pyridine rings is 1. The zero-order valence-electron chi connectivity index (χ0n) is 10.6. The Bertz CT molecular complexity index is 502. The predicted molar refractivity (Wildman–Crippen MR) is 67.5 cm³/mol. The van der Waals surface area contributed by atoms with Crippen molar-refractivity contribution >= 4 is 0 Å². The molecule has 2 aromatic heterocycles.